The Morgan fingerprint density at radius 1 is 1.08 bits per heavy atom. The molecule has 2 aromatic rings. The average Bonchev–Trinajstić information content (AvgIpc) is 2.65. The maximum Gasteiger partial charge on any atom is 0.282 e. The molecule has 2 aromatic carbocycles. The minimum atomic E-state index is -0.752. The lowest BCUT2D eigenvalue weighted by atomic mass is 10.1. The van der Waals surface area contributed by atoms with Crippen LogP contribution in [0.1, 0.15) is 12.5 Å². The van der Waals surface area contributed by atoms with Crippen LogP contribution in [0.5, 0.6) is 0 Å². The monoisotopic (exact) mass is 361 g/mol. The summed E-state index contributed by atoms with van der Waals surface area (Å²) in [4.78, 5) is 15.1. The summed E-state index contributed by atoms with van der Waals surface area (Å²) in [6.45, 7) is 6.62. The van der Waals surface area contributed by atoms with Crippen LogP contribution in [-0.4, -0.2) is 38.1 Å². The topological polar surface area (TPSA) is 38.0 Å². The van der Waals surface area contributed by atoms with E-state index in [9.17, 15) is 13.6 Å². The number of hydrogen-bond acceptors (Lipinski definition) is 1. The molecule has 0 radical (unpaired) electrons. The number of carbonyl (C=O) groups is 1. The first-order valence-electron chi connectivity index (χ1n) is 9.01. The first-order chi connectivity index (χ1) is 12.5. The molecule has 1 amide bonds. The first kappa shape index (κ1) is 18.5. The highest BCUT2D eigenvalue weighted by Crippen LogP contribution is 2.14. The quantitative estimate of drug-likeness (QED) is 0.703. The van der Waals surface area contributed by atoms with Gasteiger partial charge in [0.15, 0.2) is 6.04 Å². The van der Waals surface area contributed by atoms with E-state index in [-0.39, 0.29) is 17.6 Å². The van der Waals surface area contributed by atoms with Crippen LogP contribution in [-0.2, 0) is 11.3 Å². The predicted octanol–water partition coefficient (Wildman–Crippen LogP) is 0.275. The van der Waals surface area contributed by atoms with Crippen LogP contribution in [0.25, 0.3) is 0 Å². The lowest BCUT2D eigenvalue weighted by molar-refractivity contribution is -1.02. The molecule has 0 saturated carbocycles. The molecule has 3 N–H and O–H groups in total. The van der Waals surface area contributed by atoms with E-state index < -0.39 is 11.6 Å². The van der Waals surface area contributed by atoms with E-state index in [0.29, 0.717) is 0 Å². The summed E-state index contributed by atoms with van der Waals surface area (Å²) in [6, 6.07) is 13.3. The van der Waals surface area contributed by atoms with Gasteiger partial charge in [-0.05, 0) is 19.1 Å². The third-order valence-electron chi connectivity index (χ3n) is 5.09. The van der Waals surface area contributed by atoms with Crippen molar-refractivity contribution in [2.45, 2.75) is 19.5 Å². The molecule has 0 bridgehead atoms. The van der Waals surface area contributed by atoms with Crippen LogP contribution < -0.4 is 15.1 Å². The lowest BCUT2D eigenvalue weighted by Gasteiger charge is -2.32. The van der Waals surface area contributed by atoms with Crippen molar-refractivity contribution in [2.75, 3.05) is 31.5 Å². The summed E-state index contributed by atoms with van der Waals surface area (Å²) in [5.41, 5.74) is 1.35. The Kier molecular flexibility index (Phi) is 5.96. The van der Waals surface area contributed by atoms with Crippen LogP contribution in [0.2, 0.25) is 0 Å². The van der Waals surface area contributed by atoms with Crippen molar-refractivity contribution in [2.24, 2.45) is 0 Å². The SMILES string of the molecule is C[C@H](C(=O)Nc1ccc(F)cc1F)[NH+]1CC[NH+](Cc2ccccc2)CC1. The van der Waals surface area contributed by atoms with Crippen molar-refractivity contribution in [3.8, 4) is 0 Å². The van der Waals surface area contributed by atoms with E-state index in [1.54, 1.807) is 0 Å². The van der Waals surface area contributed by atoms with Gasteiger partial charge in [-0.2, -0.15) is 0 Å². The zero-order chi connectivity index (χ0) is 18.5. The molecular formula is C20H25F2N3O+2. The summed E-state index contributed by atoms with van der Waals surface area (Å²) in [6.07, 6.45) is 0. The summed E-state index contributed by atoms with van der Waals surface area (Å²) in [5.74, 6) is -1.65. The van der Waals surface area contributed by atoms with Gasteiger partial charge in [-0.3, -0.25) is 4.79 Å². The van der Waals surface area contributed by atoms with Gasteiger partial charge < -0.3 is 15.1 Å². The number of halogens is 2. The van der Waals surface area contributed by atoms with Crippen LogP contribution in [0.15, 0.2) is 48.5 Å². The Hall–Kier alpha value is -2.31. The smallest absolute Gasteiger partial charge is 0.282 e. The number of rotatable bonds is 5. The molecule has 1 atom stereocenters. The largest absolute Gasteiger partial charge is 0.322 e. The molecule has 0 spiro atoms. The summed E-state index contributed by atoms with van der Waals surface area (Å²) in [5, 5.41) is 2.58. The number of anilines is 1. The maximum atomic E-state index is 13.7. The molecule has 138 valence electrons. The van der Waals surface area contributed by atoms with Gasteiger partial charge in [0.1, 0.15) is 44.4 Å². The standard InChI is InChI=1S/C20H23F2N3O/c1-15(20(26)23-19-8-7-17(21)13-18(19)22)25-11-9-24(10-12-25)14-16-5-3-2-4-6-16/h2-8,13,15H,9-12,14H2,1H3,(H,23,26)/p+2/t15-/m1/s1. The number of carbonyl (C=O) groups excluding carboxylic acids is 1. The highest BCUT2D eigenvalue weighted by molar-refractivity contribution is 5.93. The Balaban J connectivity index is 1.51. The highest BCUT2D eigenvalue weighted by atomic mass is 19.1. The Morgan fingerprint density at radius 2 is 1.77 bits per heavy atom. The Labute approximate surface area is 152 Å². The maximum absolute atomic E-state index is 13.7. The second-order valence-corrected chi connectivity index (χ2v) is 6.91. The number of hydrogen-bond donors (Lipinski definition) is 3. The van der Waals surface area contributed by atoms with Gasteiger partial charge >= 0.3 is 0 Å². The minimum Gasteiger partial charge on any atom is -0.322 e. The van der Waals surface area contributed by atoms with Gasteiger partial charge in [-0.1, -0.05) is 30.3 Å². The van der Waals surface area contributed by atoms with E-state index in [1.807, 2.05) is 13.0 Å². The van der Waals surface area contributed by atoms with Gasteiger partial charge in [0.2, 0.25) is 0 Å². The van der Waals surface area contributed by atoms with E-state index in [4.69, 9.17) is 0 Å². The average molecular weight is 361 g/mol. The van der Waals surface area contributed by atoms with Crippen LogP contribution in [0.3, 0.4) is 0 Å². The molecule has 1 heterocycles. The molecule has 1 aliphatic rings. The number of piperazine rings is 1. The van der Waals surface area contributed by atoms with Crippen LogP contribution in [0, 0.1) is 11.6 Å². The van der Waals surface area contributed by atoms with E-state index >= 15 is 0 Å². The molecule has 0 aliphatic carbocycles. The molecule has 0 aromatic heterocycles. The van der Waals surface area contributed by atoms with Gasteiger partial charge in [0.05, 0.1) is 5.69 Å². The normalized spacial score (nSPS) is 21.2. The van der Waals surface area contributed by atoms with Gasteiger partial charge in [-0.25, -0.2) is 8.78 Å². The molecular weight excluding hydrogens is 336 g/mol. The van der Waals surface area contributed by atoms with Crippen molar-refractivity contribution < 1.29 is 23.4 Å². The third-order valence-corrected chi connectivity index (χ3v) is 5.09. The molecule has 1 saturated heterocycles. The third kappa shape index (κ3) is 4.65. The Bertz CT molecular complexity index is 746. The number of quaternary nitrogens is 2. The van der Waals surface area contributed by atoms with E-state index in [1.165, 1.54) is 21.4 Å². The van der Waals surface area contributed by atoms with Gasteiger partial charge in [-0.15, -0.1) is 0 Å². The minimum absolute atomic E-state index is 0.0241. The van der Waals surface area contributed by atoms with Gasteiger partial charge in [0.25, 0.3) is 5.91 Å². The molecule has 1 fully saturated rings. The van der Waals surface area contributed by atoms with Crippen molar-refractivity contribution in [3.63, 3.8) is 0 Å². The zero-order valence-corrected chi connectivity index (χ0v) is 14.9. The van der Waals surface area contributed by atoms with E-state index in [0.717, 1.165) is 44.9 Å². The zero-order valence-electron chi connectivity index (χ0n) is 14.9. The second-order valence-electron chi connectivity index (χ2n) is 6.91. The Morgan fingerprint density at radius 3 is 2.42 bits per heavy atom. The van der Waals surface area contributed by atoms with Crippen molar-refractivity contribution >= 4 is 11.6 Å². The van der Waals surface area contributed by atoms with Gasteiger partial charge in [0, 0.05) is 11.6 Å². The highest BCUT2D eigenvalue weighted by Gasteiger charge is 2.31. The number of benzene rings is 2. The summed E-state index contributed by atoms with van der Waals surface area (Å²) >= 11 is 0. The van der Waals surface area contributed by atoms with Crippen molar-refractivity contribution in [1.82, 2.24) is 0 Å². The number of nitrogens with one attached hydrogen (secondary N) is 3. The molecule has 0 unspecified atom stereocenters. The molecule has 3 rings (SSSR count). The fourth-order valence-electron chi connectivity index (χ4n) is 3.44. The van der Waals surface area contributed by atoms with Crippen LogP contribution in [0.4, 0.5) is 14.5 Å². The fraction of sp³-hybridized carbons (Fsp3) is 0.350. The lowest BCUT2D eigenvalue weighted by Crippen LogP contribution is -3.29. The van der Waals surface area contributed by atoms with Crippen LogP contribution >= 0.6 is 0 Å². The fourth-order valence-corrected chi connectivity index (χ4v) is 3.44. The summed E-state index contributed by atoms with van der Waals surface area (Å²) < 4.78 is 26.7. The second kappa shape index (κ2) is 8.38. The molecule has 26 heavy (non-hydrogen) atoms. The molecule has 4 nitrogen and oxygen atoms in total. The van der Waals surface area contributed by atoms with Crippen molar-refractivity contribution in [1.29, 1.82) is 0 Å². The predicted molar refractivity (Wildman–Crippen MR) is 96.0 cm³/mol. The summed E-state index contributed by atoms with van der Waals surface area (Å²) in [7, 11) is 0. The number of amides is 1. The molecule has 6 heteroatoms. The van der Waals surface area contributed by atoms with Crippen molar-refractivity contribution in [3.05, 3.63) is 65.7 Å². The molecule has 1 aliphatic heterocycles. The first-order valence-corrected chi connectivity index (χ1v) is 9.01. The van der Waals surface area contributed by atoms with E-state index in [2.05, 4.69) is 29.6 Å².